The zero-order chi connectivity index (χ0) is 28.7. The summed E-state index contributed by atoms with van der Waals surface area (Å²) in [7, 11) is 0. The fraction of sp³-hybridized carbons (Fsp3) is 0.760. The van der Waals surface area contributed by atoms with Gasteiger partial charge in [-0.25, -0.2) is 0 Å². The Bertz CT molecular complexity index is 873. The van der Waals surface area contributed by atoms with E-state index in [4.69, 9.17) is 14.2 Å². The molecule has 0 spiro atoms. The number of amides is 4. The number of nitrogens with zero attached hydrogens (tertiary/aromatic N) is 1. The van der Waals surface area contributed by atoms with E-state index in [0.29, 0.717) is 19.4 Å². The van der Waals surface area contributed by atoms with Gasteiger partial charge in [-0.3, -0.25) is 24.1 Å². The van der Waals surface area contributed by atoms with Crippen molar-refractivity contribution in [2.45, 2.75) is 95.7 Å². The predicted octanol–water partition coefficient (Wildman–Crippen LogP) is -1.27. The Morgan fingerprint density at radius 3 is 2.26 bits per heavy atom. The van der Waals surface area contributed by atoms with Crippen LogP contribution in [0, 0.1) is 0 Å². The van der Waals surface area contributed by atoms with Crippen molar-refractivity contribution in [2.24, 2.45) is 0 Å². The predicted molar refractivity (Wildman–Crippen MR) is 133 cm³/mol. The third-order valence-corrected chi connectivity index (χ3v) is 6.40. The lowest BCUT2D eigenvalue weighted by Crippen LogP contribution is -2.65. The molecule has 0 aromatic rings. The molecule has 5 unspecified atom stereocenters. The number of carbonyl (C=O) groups excluding carboxylic acids is 4. The van der Waals surface area contributed by atoms with Gasteiger partial charge in [0.25, 0.3) is 11.8 Å². The van der Waals surface area contributed by atoms with E-state index in [9.17, 15) is 34.5 Å². The number of carbonyl (C=O) groups is 4. The standard InChI is InChI=1S/C25H41N3O10/c1-15(30)27-20-22(35)21(34)16(14-29)37-23(20)38-25(4,5)10-13-36-24(2,3)9-11-26-17(31)8-12-28-18(32)6-7-19(28)33/h6-7,16,20-23,29,34-35H,8-14H2,1-5H3,(H,26,31)(H,27,30). The van der Waals surface area contributed by atoms with Crippen molar-refractivity contribution in [3.63, 3.8) is 0 Å². The van der Waals surface area contributed by atoms with Crippen molar-refractivity contribution in [2.75, 3.05) is 26.3 Å². The number of aliphatic hydroxyl groups is 3. The molecule has 38 heavy (non-hydrogen) atoms. The second-order valence-electron chi connectivity index (χ2n) is 10.7. The highest BCUT2D eigenvalue weighted by molar-refractivity contribution is 6.13. The van der Waals surface area contributed by atoms with E-state index in [1.807, 2.05) is 13.8 Å². The summed E-state index contributed by atoms with van der Waals surface area (Å²) < 4.78 is 17.7. The van der Waals surface area contributed by atoms with Crippen LogP contribution in [-0.2, 0) is 33.4 Å². The van der Waals surface area contributed by atoms with Crippen LogP contribution in [0.15, 0.2) is 12.2 Å². The molecule has 5 atom stereocenters. The summed E-state index contributed by atoms with van der Waals surface area (Å²) in [6.45, 7) is 8.70. The van der Waals surface area contributed by atoms with Gasteiger partial charge < -0.3 is 40.2 Å². The fourth-order valence-corrected chi connectivity index (χ4v) is 4.05. The van der Waals surface area contributed by atoms with E-state index < -0.39 is 66.2 Å². The van der Waals surface area contributed by atoms with Gasteiger partial charge in [-0.15, -0.1) is 0 Å². The van der Waals surface area contributed by atoms with Crippen LogP contribution in [0.3, 0.4) is 0 Å². The number of imide groups is 1. The number of hydrogen-bond donors (Lipinski definition) is 5. The third-order valence-electron chi connectivity index (χ3n) is 6.40. The molecular formula is C25H41N3O10. The van der Waals surface area contributed by atoms with E-state index in [1.54, 1.807) is 13.8 Å². The van der Waals surface area contributed by atoms with Gasteiger partial charge in [0.15, 0.2) is 6.29 Å². The normalized spacial score (nSPS) is 26.1. The van der Waals surface area contributed by atoms with Crippen molar-refractivity contribution in [1.82, 2.24) is 15.5 Å². The maximum absolute atomic E-state index is 12.1. The summed E-state index contributed by atoms with van der Waals surface area (Å²) in [5.74, 6) is -1.57. The Morgan fingerprint density at radius 1 is 1.05 bits per heavy atom. The third kappa shape index (κ3) is 9.40. The summed E-state index contributed by atoms with van der Waals surface area (Å²) in [6, 6.07) is -1.04. The summed E-state index contributed by atoms with van der Waals surface area (Å²) in [6.07, 6.45) is -1.71. The lowest BCUT2D eigenvalue weighted by atomic mass is 9.96. The molecule has 0 aromatic carbocycles. The monoisotopic (exact) mass is 543 g/mol. The molecule has 13 nitrogen and oxygen atoms in total. The van der Waals surface area contributed by atoms with Gasteiger partial charge in [-0.05, 0) is 40.5 Å². The van der Waals surface area contributed by atoms with Crippen molar-refractivity contribution in [1.29, 1.82) is 0 Å². The summed E-state index contributed by atoms with van der Waals surface area (Å²) in [5.41, 5.74) is -1.41. The van der Waals surface area contributed by atoms with Crippen LogP contribution in [0.2, 0.25) is 0 Å². The van der Waals surface area contributed by atoms with Crippen LogP contribution in [-0.4, -0.2) is 112 Å². The van der Waals surface area contributed by atoms with Gasteiger partial charge in [0, 0.05) is 38.6 Å². The molecule has 2 aliphatic heterocycles. The molecule has 1 fully saturated rings. The summed E-state index contributed by atoms with van der Waals surface area (Å²) >= 11 is 0. The van der Waals surface area contributed by atoms with Crippen LogP contribution in [0.25, 0.3) is 0 Å². The van der Waals surface area contributed by atoms with E-state index in [0.717, 1.165) is 4.90 Å². The average Bonchev–Trinajstić information content (AvgIpc) is 3.13. The highest BCUT2D eigenvalue weighted by Crippen LogP contribution is 2.28. The van der Waals surface area contributed by atoms with Gasteiger partial charge >= 0.3 is 0 Å². The molecule has 0 aliphatic carbocycles. The van der Waals surface area contributed by atoms with Crippen LogP contribution in [0.4, 0.5) is 0 Å². The maximum Gasteiger partial charge on any atom is 0.253 e. The maximum atomic E-state index is 12.1. The molecule has 2 heterocycles. The Labute approximate surface area is 222 Å². The molecule has 13 heteroatoms. The lowest BCUT2D eigenvalue weighted by Gasteiger charge is -2.44. The van der Waals surface area contributed by atoms with E-state index in [-0.39, 0.29) is 25.5 Å². The largest absolute Gasteiger partial charge is 0.394 e. The number of nitrogens with one attached hydrogen (secondary N) is 2. The number of hydrogen-bond acceptors (Lipinski definition) is 10. The SMILES string of the molecule is CC(=O)NC1C(OC(C)(C)CCOC(C)(C)CCNC(=O)CCN2C(=O)C=CC2=O)OC(CO)C(O)C1O. The van der Waals surface area contributed by atoms with Gasteiger partial charge in [0.1, 0.15) is 24.4 Å². The van der Waals surface area contributed by atoms with E-state index >= 15 is 0 Å². The molecule has 4 amide bonds. The molecule has 1 saturated heterocycles. The topological polar surface area (TPSA) is 184 Å². The van der Waals surface area contributed by atoms with Gasteiger partial charge in [-0.1, -0.05) is 0 Å². The second-order valence-corrected chi connectivity index (χ2v) is 10.7. The number of rotatable bonds is 14. The Morgan fingerprint density at radius 2 is 1.68 bits per heavy atom. The van der Waals surface area contributed by atoms with Crippen LogP contribution in [0.5, 0.6) is 0 Å². The van der Waals surface area contributed by atoms with Crippen LogP contribution >= 0.6 is 0 Å². The zero-order valence-corrected chi connectivity index (χ0v) is 22.6. The van der Waals surface area contributed by atoms with Gasteiger partial charge in [-0.2, -0.15) is 0 Å². The quantitative estimate of drug-likeness (QED) is 0.166. The minimum atomic E-state index is -1.40. The molecule has 0 saturated carbocycles. The minimum Gasteiger partial charge on any atom is -0.394 e. The molecule has 0 radical (unpaired) electrons. The van der Waals surface area contributed by atoms with Crippen molar-refractivity contribution < 1.29 is 48.7 Å². The number of aliphatic hydroxyl groups excluding tert-OH is 3. The smallest absolute Gasteiger partial charge is 0.253 e. The summed E-state index contributed by atoms with van der Waals surface area (Å²) in [5, 5.41) is 35.4. The first-order valence-electron chi connectivity index (χ1n) is 12.7. The molecule has 2 rings (SSSR count). The highest BCUT2D eigenvalue weighted by atomic mass is 16.7. The first kappa shape index (κ1) is 31.8. The first-order chi connectivity index (χ1) is 17.7. The Kier molecular flexibility index (Phi) is 11.4. The first-order valence-corrected chi connectivity index (χ1v) is 12.7. The summed E-state index contributed by atoms with van der Waals surface area (Å²) in [4.78, 5) is 47.8. The fourth-order valence-electron chi connectivity index (χ4n) is 4.05. The lowest BCUT2D eigenvalue weighted by molar-refractivity contribution is -0.297. The van der Waals surface area contributed by atoms with Gasteiger partial charge in [0.2, 0.25) is 11.8 Å². The second kappa shape index (κ2) is 13.6. The van der Waals surface area contributed by atoms with E-state index in [2.05, 4.69) is 10.6 Å². The molecule has 216 valence electrons. The molecule has 5 N–H and O–H groups in total. The molecule has 0 bridgehead atoms. The van der Waals surface area contributed by atoms with Crippen LogP contribution < -0.4 is 10.6 Å². The molecule has 2 aliphatic rings. The Hall–Kier alpha value is -2.42. The molecular weight excluding hydrogens is 502 g/mol. The minimum absolute atomic E-state index is 0.0115. The Balaban J connectivity index is 1.77. The van der Waals surface area contributed by atoms with Crippen molar-refractivity contribution in [3.8, 4) is 0 Å². The zero-order valence-electron chi connectivity index (χ0n) is 22.6. The average molecular weight is 544 g/mol. The highest BCUT2D eigenvalue weighted by Gasteiger charge is 2.47. The van der Waals surface area contributed by atoms with Crippen LogP contribution in [0.1, 0.15) is 53.9 Å². The molecule has 0 aromatic heterocycles. The van der Waals surface area contributed by atoms with Crippen molar-refractivity contribution in [3.05, 3.63) is 12.2 Å². The van der Waals surface area contributed by atoms with Crippen molar-refractivity contribution >= 4 is 23.6 Å². The van der Waals surface area contributed by atoms with E-state index in [1.165, 1.54) is 19.1 Å². The number of ether oxygens (including phenoxy) is 3. The van der Waals surface area contributed by atoms with Gasteiger partial charge in [0.05, 0.1) is 24.4 Å².